The van der Waals surface area contributed by atoms with Crippen molar-refractivity contribution in [2.45, 2.75) is 71.5 Å². The Balaban J connectivity index is 3.78. The lowest BCUT2D eigenvalue weighted by atomic mass is 9.90. The van der Waals surface area contributed by atoms with Crippen molar-refractivity contribution in [1.82, 2.24) is 0 Å². The van der Waals surface area contributed by atoms with Gasteiger partial charge in [-0.05, 0) is 12.3 Å². The normalized spacial score (nSPS) is 15.9. The highest BCUT2D eigenvalue weighted by Gasteiger charge is 2.22. The molecule has 0 aromatic carbocycles. The number of hydrogen-bond donors (Lipinski definition) is 2. The molecular weight excluding hydrogens is 176 g/mol. The summed E-state index contributed by atoms with van der Waals surface area (Å²) in [6.45, 7) is 6.27. The van der Waals surface area contributed by atoms with Crippen LogP contribution in [-0.4, -0.2) is 22.4 Å². The maximum Gasteiger partial charge on any atom is 0.0826 e. The third kappa shape index (κ3) is 4.97. The van der Waals surface area contributed by atoms with Crippen molar-refractivity contribution >= 4 is 0 Å². The molecule has 2 unspecified atom stereocenters. The van der Waals surface area contributed by atoms with Gasteiger partial charge in [-0.25, -0.2) is 0 Å². The van der Waals surface area contributed by atoms with E-state index in [2.05, 4.69) is 20.8 Å². The number of aliphatic hydroxyl groups excluding tert-OH is 2. The van der Waals surface area contributed by atoms with Crippen LogP contribution in [0.3, 0.4) is 0 Å². The van der Waals surface area contributed by atoms with Crippen LogP contribution in [0.25, 0.3) is 0 Å². The Morgan fingerprint density at radius 2 is 1.50 bits per heavy atom. The predicted octanol–water partition coefficient (Wildman–Crippen LogP) is 2.72. The molecule has 2 atom stereocenters. The minimum Gasteiger partial charge on any atom is -0.390 e. The second-order valence-electron chi connectivity index (χ2n) is 4.13. The van der Waals surface area contributed by atoms with E-state index in [4.69, 9.17) is 0 Å². The van der Waals surface area contributed by atoms with Crippen LogP contribution < -0.4 is 0 Å². The van der Waals surface area contributed by atoms with E-state index in [9.17, 15) is 10.2 Å². The first-order chi connectivity index (χ1) is 6.67. The van der Waals surface area contributed by atoms with Gasteiger partial charge in [-0.2, -0.15) is 0 Å². The van der Waals surface area contributed by atoms with Gasteiger partial charge in [0, 0.05) is 0 Å². The number of unbranched alkanes of at least 4 members (excludes halogenated alkanes) is 2. The fourth-order valence-electron chi connectivity index (χ4n) is 1.86. The van der Waals surface area contributed by atoms with Crippen LogP contribution in [0.1, 0.15) is 59.3 Å². The summed E-state index contributed by atoms with van der Waals surface area (Å²) in [5.41, 5.74) is 0. The van der Waals surface area contributed by atoms with Crippen molar-refractivity contribution in [2.24, 2.45) is 5.92 Å². The van der Waals surface area contributed by atoms with Crippen molar-refractivity contribution in [3.05, 3.63) is 0 Å². The molecule has 0 aliphatic heterocycles. The summed E-state index contributed by atoms with van der Waals surface area (Å²) in [5.74, 6) is 0.256. The van der Waals surface area contributed by atoms with E-state index in [1.165, 1.54) is 0 Å². The topological polar surface area (TPSA) is 40.5 Å². The molecule has 2 N–H and O–H groups in total. The second-order valence-corrected chi connectivity index (χ2v) is 4.13. The van der Waals surface area contributed by atoms with Crippen molar-refractivity contribution in [3.8, 4) is 0 Å². The molecule has 0 aromatic heterocycles. The number of hydrogen-bond acceptors (Lipinski definition) is 2. The van der Waals surface area contributed by atoms with Gasteiger partial charge in [0.2, 0.25) is 0 Å². The summed E-state index contributed by atoms with van der Waals surface area (Å²) >= 11 is 0. The second kappa shape index (κ2) is 8.25. The molecule has 0 aliphatic carbocycles. The quantitative estimate of drug-likeness (QED) is 0.594. The van der Waals surface area contributed by atoms with E-state index in [-0.39, 0.29) is 5.92 Å². The monoisotopic (exact) mass is 202 g/mol. The Hall–Kier alpha value is -0.0800. The lowest BCUT2D eigenvalue weighted by Crippen LogP contribution is -2.32. The maximum absolute atomic E-state index is 9.83. The fraction of sp³-hybridized carbons (Fsp3) is 1.00. The van der Waals surface area contributed by atoms with E-state index >= 15 is 0 Å². The van der Waals surface area contributed by atoms with Crippen LogP contribution in [0.2, 0.25) is 0 Å². The zero-order chi connectivity index (χ0) is 11.0. The van der Waals surface area contributed by atoms with Crippen LogP contribution in [0, 0.1) is 5.92 Å². The standard InChI is InChI=1S/C12H26O2/c1-4-7-8-9-11(13)12(14)10(5-2)6-3/h10-14H,4-9H2,1-3H3. The van der Waals surface area contributed by atoms with Crippen LogP contribution in [-0.2, 0) is 0 Å². The van der Waals surface area contributed by atoms with Crippen molar-refractivity contribution < 1.29 is 10.2 Å². The Labute approximate surface area is 88.3 Å². The first kappa shape index (κ1) is 13.9. The summed E-state index contributed by atoms with van der Waals surface area (Å²) in [6, 6.07) is 0. The van der Waals surface area contributed by atoms with Gasteiger partial charge in [-0.3, -0.25) is 0 Å². The molecule has 0 saturated carbocycles. The largest absolute Gasteiger partial charge is 0.390 e. The minimum atomic E-state index is -0.526. The molecular formula is C12H26O2. The van der Waals surface area contributed by atoms with Crippen molar-refractivity contribution in [2.75, 3.05) is 0 Å². The number of aliphatic hydroxyl groups is 2. The van der Waals surface area contributed by atoms with E-state index in [1.54, 1.807) is 0 Å². The maximum atomic E-state index is 9.83. The Morgan fingerprint density at radius 3 is 1.93 bits per heavy atom. The molecule has 0 amide bonds. The van der Waals surface area contributed by atoms with Crippen LogP contribution >= 0.6 is 0 Å². The van der Waals surface area contributed by atoms with Gasteiger partial charge < -0.3 is 10.2 Å². The van der Waals surface area contributed by atoms with E-state index in [1.807, 2.05) is 0 Å². The van der Waals surface area contributed by atoms with Gasteiger partial charge in [-0.15, -0.1) is 0 Å². The van der Waals surface area contributed by atoms with Crippen LogP contribution in [0.15, 0.2) is 0 Å². The molecule has 86 valence electrons. The van der Waals surface area contributed by atoms with Gasteiger partial charge in [0.05, 0.1) is 12.2 Å². The summed E-state index contributed by atoms with van der Waals surface area (Å²) < 4.78 is 0. The van der Waals surface area contributed by atoms with Gasteiger partial charge >= 0.3 is 0 Å². The van der Waals surface area contributed by atoms with Crippen molar-refractivity contribution in [1.29, 1.82) is 0 Å². The summed E-state index contributed by atoms with van der Waals surface area (Å²) in [7, 11) is 0. The summed E-state index contributed by atoms with van der Waals surface area (Å²) in [4.78, 5) is 0. The van der Waals surface area contributed by atoms with Gasteiger partial charge in [-0.1, -0.05) is 52.9 Å². The van der Waals surface area contributed by atoms with Crippen LogP contribution in [0.4, 0.5) is 0 Å². The molecule has 0 spiro atoms. The highest BCUT2D eigenvalue weighted by atomic mass is 16.3. The minimum absolute atomic E-state index is 0.256. The first-order valence-electron chi connectivity index (χ1n) is 6.03. The zero-order valence-electron chi connectivity index (χ0n) is 9.87. The molecule has 0 rings (SSSR count). The summed E-state index contributed by atoms with van der Waals surface area (Å²) in [5, 5.41) is 19.6. The predicted molar refractivity (Wildman–Crippen MR) is 60.2 cm³/mol. The van der Waals surface area contributed by atoms with Crippen molar-refractivity contribution in [3.63, 3.8) is 0 Å². The Morgan fingerprint density at radius 1 is 0.929 bits per heavy atom. The first-order valence-corrected chi connectivity index (χ1v) is 6.03. The average Bonchev–Trinajstić information content (AvgIpc) is 2.19. The molecule has 14 heavy (non-hydrogen) atoms. The Kier molecular flexibility index (Phi) is 8.20. The molecule has 0 saturated heterocycles. The molecule has 0 fully saturated rings. The smallest absolute Gasteiger partial charge is 0.0826 e. The highest BCUT2D eigenvalue weighted by molar-refractivity contribution is 4.74. The van der Waals surface area contributed by atoms with Gasteiger partial charge in [0.15, 0.2) is 0 Å². The Bertz CT molecular complexity index is 121. The average molecular weight is 202 g/mol. The van der Waals surface area contributed by atoms with Gasteiger partial charge in [0.1, 0.15) is 0 Å². The molecule has 2 heteroatoms. The fourth-order valence-corrected chi connectivity index (χ4v) is 1.86. The lowest BCUT2D eigenvalue weighted by molar-refractivity contribution is -0.0242. The van der Waals surface area contributed by atoms with E-state index < -0.39 is 12.2 Å². The molecule has 0 bridgehead atoms. The zero-order valence-corrected chi connectivity index (χ0v) is 9.87. The third-order valence-corrected chi connectivity index (χ3v) is 3.03. The van der Waals surface area contributed by atoms with Gasteiger partial charge in [0.25, 0.3) is 0 Å². The lowest BCUT2D eigenvalue weighted by Gasteiger charge is -2.24. The van der Waals surface area contributed by atoms with E-state index in [0.717, 1.165) is 38.5 Å². The molecule has 0 radical (unpaired) electrons. The van der Waals surface area contributed by atoms with E-state index in [0.29, 0.717) is 0 Å². The third-order valence-electron chi connectivity index (χ3n) is 3.03. The molecule has 0 aliphatic rings. The number of rotatable bonds is 8. The summed E-state index contributed by atoms with van der Waals surface area (Å²) in [6.07, 6.45) is 4.92. The molecule has 2 nitrogen and oxygen atoms in total. The molecule has 0 heterocycles. The SMILES string of the molecule is CCCCCC(O)C(O)C(CC)CC. The van der Waals surface area contributed by atoms with Crippen LogP contribution in [0.5, 0.6) is 0 Å². The highest BCUT2D eigenvalue weighted by Crippen LogP contribution is 2.19. The molecule has 0 aromatic rings.